The number of amides is 1. The van der Waals surface area contributed by atoms with Crippen molar-refractivity contribution in [2.24, 2.45) is 0 Å². The monoisotopic (exact) mass is 327 g/mol. The second-order valence-corrected chi connectivity index (χ2v) is 6.17. The summed E-state index contributed by atoms with van der Waals surface area (Å²) in [5, 5.41) is 0. The van der Waals surface area contributed by atoms with Gasteiger partial charge in [-0.05, 0) is 24.3 Å². The maximum atomic E-state index is 12.7. The van der Waals surface area contributed by atoms with Crippen LogP contribution in [0, 0.1) is 0 Å². The molecule has 1 aromatic heterocycles. The van der Waals surface area contributed by atoms with Gasteiger partial charge in [0.05, 0.1) is 6.26 Å². The minimum Gasteiger partial charge on any atom is -0.464 e. The number of cyclic esters (lactones) is 1. The molecule has 3 heterocycles. The molecule has 1 aromatic carbocycles. The Morgan fingerprint density at radius 2 is 1.96 bits per heavy atom. The summed E-state index contributed by atoms with van der Waals surface area (Å²) >= 11 is 0. The van der Waals surface area contributed by atoms with E-state index in [0.29, 0.717) is 31.5 Å². The van der Waals surface area contributed by atoms with Crippen LogP contribution in [0.25, 0.3) is 11.3 Å². The van der Waals surface area contributed by atoms with Gasteiger partial charge in [0.15, 0.2) is 5.60 Å². The van der Waals surface area contributed by atoms with Crippen LogP contribution < -0.4 is 0 Å². The predicted octanol–water partition coefficient (Wildman–Crippen LogP) is 3.09. The van der Waals surface area contributed by atoms with Crippen molar-refractivity contribution in [3.63, 3.8) is 0 Å². The standard InChI is InChI=1S/C18H17NO5/c20-16(14-4-1-3-13(11-14)15-5-2-10-22-15)19-8-6-18(7-9-19)12-23-17(21)24-18/h1-5,10-11H,6-9,12H2. The first-order valence-electron chi connectivity index (χ1n) is 7.94. The molecule has 0 aliphatic carbocycles. The van der Waals surface area contributed by atoms with E-state index in [1.165, 1.54) is 0 Å². The van der Waals surface area contributed by atoms with E-state index < -0.39 is 11.8 Å². The number of carbonyl (C=O) groups is 2. The zero-order valence-electron chi connectivity index (χ0n) is 13.1. The molecular weight excluding hydrogens is 310 g/mol. The van der Waals surface area contributed by atoms with Crippen LogP contribution in [0.3, 0.4) is 0 Å². The fourth-order valence-corrected chi connectivity index (χ4v) is 3.22. The van der Waals surface area contributed by atoms with Crippen molar-refractivity contribution in [3.05, 3.63) is 48.2 Å². The molecule has 0 saturated carbocycles. The van der Waals surface area contributed by atoms with Gasteiger partial charge in [0.1, 0.15) is 12.4 Å². The summed E-state index contributed by atoms with van der Waals surface area (Å²) in [5.74, 6) is 0.709. The maximum Gasteiger partial charge on any atom is 0.509 e. The highest BCUT2D eigenvalue weighted by atomic mass is 16.8. The lowest BCUT2D eigenvalue weighted by Gasteiger charge is -2.36. The van der Waals surface area contributed by atoms with Crippen molar-refractivity contribution in [3.8, 4) is 11.3 Å². The van der Waals surface area contributed by atoms with Gasteiger partial charge in [-0.1, -0.05) is 12.1 Å². The first-order chi connectivity index (χ1) is 11.7. The first-order valence-corrected chi connectivity index (χ1v) is 7.94. The summed E-state index contributed by atoms with van der Waals surface area (Å²) in [6.07, 6.45) is 2.20. The van der Waals surface area contributed by atoms with Crippen LogP contribution in [0.1, 0.15) is 23.2 Å². The zero-order valence-corrected chi connectivity index (χ0v) is 13.1. The number of rotatable bonds is 2. The van der Waals surface area contributed by atoms with E-state index in [-0.39, 0.29) is 12.5 Å². The van der Waals surface area contributed by atoms with Gasteiger partial charge in [-0.15, -0.1) is 0 Å². The second-order valence-electron chi connectivity index (χ2n) is 6.17. The highest BCUT2D eigenvalue weighted by Crippen LogP contribution is 2.32. The van der Waals surface area contributed by atoms with Crippen LogP contribution >= 0.6 is 0 Å². The molecule has 2 fully saturated rings. The molecule has 2 aliphatic rings. The van der Waals surface area contributed by atoms with Crippen LogP contribution in [0.5, 0.6) is 0 Å². The van der Waals surface area contributed by atoms with E-state index >= 15 is 0 Å². The van der Waals surface area contributed by atoms with Crippen LogP contribution in [0.2, 0.25) is 0 Å². The van der Waals surface area contributed by atoms with Gasteiger partial charge in [-0.3, -0.25) is 4.79 Å². The molecule has 0 unspecified atom stereocenters. The fraction of sp³-hybridized carbons (Fsp3) is 0.333. The minimum atomic E-state index is -0.610. The molecule has 0 bridgehead atoms. The number of nitrogens with zero attached hydrogens (tertiary/aromatic N) is 1. The van der Waals surface area contributed by atoms with Gasteiger partial charge in [-0.2, -0.15) is 0 Å². The van der Waals surface area contributed by atoms with E-state index in [1.807, 2.05) is 30.3 Å². The summed E-state index contributed by atoms with van der Waals surface area (Å²) < 4.78 is 15.6. The number of carbonyl (C=O) groups excluding carboxylic acids is 2. The SMILES string of the molecule is O=C1OCC2(CCN(C(=O)c3cccc(-c4ccco4)c3)CC2)O1. The minimum absolute atomic E-state index is 0.0245. The van der Waals surface area contributed by atoms with Gasteiger partial charge in [-0.25, -0.2) is 4.79 Å². The molecule has 1 amide bonds. The second kappa shape index (κ2) is 5.70. The van der Waals surface area contributed by atoms with Gasteiger partial charge in [0.25, 0.3) is 5.91 Å². The lowest BCUT2D eigenvalue weighted by molar-refractivity contribution is 0.00281. The van der Waals surface area contributed by atoms with Gasteiger partial charge in [0, 0.05) is 37.1 Å². The molecule has 0 radical (unpaired) electrons. The van der Waals surface area contributed by atoms with Crippen molar-refractivity contribution in [2.45, 2.75) is 18.4 Å². The number of hydrogen-bond acceptors (Lipinski definition) is 5. The van der Waals surface area contributed by atoms with E-state index in [4.69, 9.17) is 13.9 Å². The average Bonchev–Trinajstić information content (AvgIpc) is 3.26. The molecule has 2 aromatic rings. The van der Waals surface area contributed by atoms with Crippen LogP contribution in [0.4, 0.5) is 4.79 Å². The van der Waals surface area contributed by atoms with Gasteiger partial charge in [0.2, 0.25) is 0 Å². The fourth-order valence-electron chi connectivity index (χ4n) is 3.22. The normalized spacial score (nSPS) is 19.2. The smallest absolute Gasteiger partial charge is 0.464 e. The van der Waals surface area contributed by atoms with Crippen LogP contribution in [-0.2, 0) is 9.47 Å². The number of benzene rings is 1. The zero-order chi connectivity index (χ0) is 16.6. The highest BCUT2D eigenvalue weighted by Gasteiger charge is 2.45. The van der Waals surface area contributed by atoms with Crippen molar-refractivity contribution in [1.82, 2.24) is 4.90 Å². The van der Waals surface area contributed by atoms with E-state index in [1.54, 1.807) is 17.2 Å². The molecule has 1 spiro atoms. The lowest BCUT2D eigenvalue weighted by Crippen LogP contribution is -2.48. The lowest BCUT2D eigenvalue weighted by atomic mass is 9.92. The van der Waals surface area contributed by atoms with Crippen molar-refractivity contribution >= 4 is 12.1 Å². The number of ether oxygens (including phenoxy) is 2. The molecule has 2 aliphatic heterocycles. The predicted molar refractivity (Wildman–Crippen MR) is 84.4 cm³/mol. The quantitative estimate of drug-likeness (QED) is 0.793. The maximum absolute atomic E-state index is 12.7. The molecule has 0 atom stereocenters. The Labute approximate surface area is 139 Å². The summed E-state index contributed by atoms with van der Waals surface area (Å²) in [6.45, 7) is 1.36. The summed E-state index contributed by atoms with van der Waals surface area (Å²) in [4.78, 5) is 25.7. The van der Waals surface area contributed by atoms with E-state index in [2.05, 4.69) is 0 Å². The molecule has 6 heteroatoms. The van der Waals surface area contributed by atoms with Crippen molar-refractivity contribution in [1.29, 1.82) is 0 Å². The molecule has 2 saturated heterocycles. The molecule has 24 heavy (non-hydrogen) atoms. The van der Waals surface area contributed by atoms with Crippen LogP contribution in [-0.4, -0.2) is 42.3 Å². The third-order valence-electron chi connectivity index (χ3n) is 4.63. The Morgan fingerprint density at radius 3 is 2.62 bits per heavy atom. The van der Waals surface area contributed by atoms with Gasteiger partial charge < -0.3 is 18.8 Å². The Kier molecular flexibility index (Phi) is 3.52. The summed E-state index contributed by atoms with van der Waals surface area (Å²) in [6, 6.07) is 11.1. The Morgan fingerprint density at radius 1 is 1.12 bits per heavy atom. The molecule has 6 nitrogen and oxygen atoms in total. The van der Waals surface area contributed by atoms with E-state index in [9.17, 15) is 9.59 Å². The van der Waals surface area contributed by atoms with E-state index in [0.717, 1.165) is 11.3 Å². The van der Waals surface area contributed by atoms with Crippen LogP contribution in [0.15, 0.2) is 47.1 Å². The molecule has 0 N–H and O–H groups in total. The Hall–Kier alpha value is -2.76. The summed E-state index contributed by atoms with van der Waals surface area (Å²) in [5.41, 5.74) is 0.945. The number of hydrogen-bond donors (Lipinski definition) is 0. The van der Waals surface area contributed by atoms with Crippen molar-refractivity contribution < 1.29 is 23.5 Å². The van der Waals surface area contributed by atoms with Crippen molar-refractivity contribution in [2.75, 3.05) is 19.7 Å². The largest absolute Gasteiger partial charge is 0.509 e. The summed E-state index contributed by atoms with van der Waals surface area (Å²) in [7, 11) is 0. The third kappa shape index (κ3) is 2.64. The molecular formula is C18H17NO5. The first kappa shape index (κ1) is 14.8. The Bertz CT molecular complexity index is 759. The van der Waals surface area contributed by atoms with Gasteiger partial charge >= 0.3 is 6.16 Å². The third-order valence-corrected chi connectivity index (χ3v) is 4.63. The molecule has 124 valence electrons. The number of furan rings is 1. The average molecular weight is 327 g/mol. The Balaban J connectivity index is 1.47. The number of piperidine rings is 1. The number of likely N-dealkylation sites (tertiary alicyclic amines) is 1. The molecule has 4 rings (SSSR count). The highest BCUT2D eigenvalue weighted by molar-refractivity contribution is 5.95. The topological polar surface area (TPSA) is 69.0 Å².